The van der Waals surface area contributed by atoms with Gasteiger partial charge < -0.3 is 15.5 Å². The van der Waals surface area contributed by atoms with E-state index in [1.807, 2.05) is 12.1 Å². The van der Waals surface area contributed by atoms with Gasteiger partial charge >= 0.3 is 0 Å². The lowest BCUT2D eigenvalue weighted by molar-refractivity contribution is 0.0737. The topological polar surface area (TPSA) is 148 Å². The van der Waals surface area contributed by atoms with Crippen molar-refractivity contribution >= 4 is 39.2 Å². The zero-order chi connectivity index (χ0) is 27.0. The van der Waals surface area contributed by atoms with E-state index in [1.165, 1.54) is 10.9 Å². The number of aliphatic hydroxyl groups excluding tert-OH is 1. The molecule has 0 unspecified atom stereocenters. The molecular weight excluding hydrogens is 486 g/mol. The third-order valence-corrected chi connectivity index (χ3v) is 5.96. The Morgan fingerprint density at radius 1 is 1.11 bits per heavy atom. The minimum absolute atomic E-state index is 0.193. The SMILES string of the molecule is C=CCn1c(=O)c2cnc(Nc3ccc4cc(C(=O)CO)ncc4c3)nc2n1-c1cccc(C(C)(C)O)n1. The van der Waals surface area contributed by atoms with Crippen LogP contribution in [0.1, 0.15) is 30.0 Å². The molecule has 0 atom stereocenters. The zero-order valence-corrected chi connectivity index (χ0v) is 20.8. The van der Waals surface area contributed by atoms with Gasteiger partial charge in [0.2, 0.25) is 11.7 Å². The van der Waals surface area contributed by atoms with Gasteiger partial charge in [0.25, 0.3) is 5.56 Å². The Balaban J connectivity index is 1.58. The highest BCUT2D eigenvalue weighted by molar-refractivity contribution is 5.99. The molecule has 4 heterocycles. The number of aromatic nitrogens is 6. The van der Waals surface area contributed by atoms with E-state index in [1.54, 1.807) is 61.1 Å². The van der Waals surface area contributed by atoms with Crippen molar-refractivity contribution in [3.63, 3.8) is 0 Å². The molecule has 1 aromatic carbocycles. The first-order valence-corrected chi connectivity index (χ1v) is 11.8. The Kier molecular flexibility index (Phi) is 6.31. The molecule has 0 saturated heterocycles. The van der Waals surface area contributed by atoms with Crippen LogP contribution < -0.4 is 10.9 Å². The number of Topliss-reactive ketones (excluding diaryl/α,β-unsaturated/α-hetero) is 1. The zero-order valence-electron chi connectivity index (χ0n) is 20.8. The summed E-state index contributed by atoms with van der Waals surface area (Å²) >= 11 is 0. The summed E-state index contributed by atoms with van der Waals surface area (Å²) in [7, 11) is 0. The quantitative estimate of drug-likeness (QED) is 0.211. The molecule has 3 N–H and O–H groups in total. The number of nitrogens with zero attached hydrogens (tertiary/aromatic N) is 6. The van der Waals surface area contributed by atoms with Gasteiger partial charge in [-0.2, -0.15) is 4.98 Å². The minimum Gasteiger partial charge on any atom is -0.388 e. The van der Waals surface area contributed by atoms with Crippen LogP contribution in [0.3, 0.4) is 0 Å². The lowest BCUT2D eigenvalue weighted by Gasteiger charge is -2.18. The normalized spacial score (nSPS) is 11.7. The standard InChI is InChI=1S/C27H25N7O4/c1-4-10-33-25(37)19-14-29-26(32-24(19)34(33)23-7-5-6-22(31-23)27(2,3)38)30-18-9-8-16-12-20(21(36)15-35)28-13-17(16)11-18/h4-9,11-14,35,38H,1,10,15H2,2-3H3,(H,29,30,32). The van der Waals surface area contributed by atoms with E-state index in [9.17, 15) is 14.7 Å². The van der Waals surface area contributed by atoms with Gasteiger partial charge in [-0.05, 0) is 49.6 Å². The number of aliphatic hydroxyl groups is 2. The number of ketones is 1. The number of carbonyl (C=O) groups excluding carboxylic acids is 1. The van der Waals surface area contributed by atoms with Crippen molar-refractivity contribution in [1.82, 2.24) is 29.3 Å². The molecule has 0 bridgehead atoms. The number of anilines is 2. The van der Waals surface area contributed by atoms with Crippen LogP contribution in [0.5, 0.6) is 0 Å². The first kappa shape index (κ1) is 24.9. The Bertz CT molecular complexity index is 1770. The molecule has 0 radical (unpaired) electrons. The molecule has 5 rings (SSSR count). The first-order chi connectivity index (χ1) is 18.2. The molecule has 0 aliphatic rings. The van der Waals surface area contributed by atoms with Crippen LogP contribution in [-0.4, -0.2) is 51.9 Å². The van der Waals surface area contributed by atoms with Gasteiger partial charge in [0.1, 0.15) is 23.3 Å². The summed E-state index contributed by atoms with van der Waals surface area (Å²) in [5, 5.41) is 24.5. The molecule has 0 aliphatic carbocycles. The molecule has 0 amide bonds. The lowest BCUT2D eigenvalue weighted by Crippen LogP contribution is -2.23. The van der Waals surface area contributed by atoms with Crippen LogP contribution in [0.15, 0.2) is 72.3 Å². The van der Waals surface area contributed by atoms with Gasteiger partial charge in [0.15, 0.2) is 11.5 Å². The van der Waals surface area contributed by atoms with E-state index < -0.39 is 18.0 Å². The number of allylic oxidation sites excluding steroid dienone is 1. The van der Waals surface area contributed by atoms with Crippen LogP contribution in [0.4, 0.5) is 11.6 Å². The van der Waals surface area contributed by atoms with Crippen molar-refractivity contribution in [2.45, 2.75) is 26.0 Å². The van der Waals surface area contributed by atoms with Gasteiger partial charge in [-0.25, -0.2) is 19.3 Å². The summed E-state index contributed by atoms with van der Waals surface area (Å²) in [6, 6.07) is 12.3. The number of pyridine rings is 2. The van der Waals surface area contributed by atoms with Crippen molar-refractivity contribution < 1.29 is 15.0 Å². The third-order valence-electron chi connectivity index (χ3n) is 5.96. The summed E-state index contributed by atoms with van der Waals surface area (Å²) in [6.45, 7) is 6.64. The average Bonchev–Trinajstić information content (AvgIpc) is 3.18. The molecule has 192 valence electrons. The van der Waals surface area contributed by atoms with Crippen molar-refractivity contribution in [1.29, 1.82) is 0 Å². The summed E-state index contributed by atoms with van der Waals surface area (Å²) in [5.41, 5.74) is 0.161. The van der Waals surface area contributed by atoms with Crippen molar-refractivity contribution in [3.05, 3.63) is 89.3 Å². The van der Waals surface area contributed by atoms with Crippen molar-refractivity contribution in [3.8, 4) is 5.82 Å². The molecule has 38 heavy (non-hydrogen) atoms. The molecule has 0 fully saturated rings. The van der Waals surface area contributed by atoms with E-state index in [0.717, 1.165) is 10.8 Å². The fourth-order valence-corrected chi connectivity index (χ4v) is 4.07. The second kappa shape index (κ2) is 9.61. The maximum absolute atomic E-state index is 13.2. The van der Waals surface area contributed by atoms with E-state index >= 15 is 0 Å². The van der Waals surface area contributed by atoms with Crippen molar-refractivity contribution in [2.24, 2.45) is 0 Å². The van der Waals surface area contributed by atoms with Crippen molar-refractivity contribution in [2.75, 3.05) is 11.9 Å². The second-order valence-electron chi connectivity index (χ2n) is 9.20. The molecule has 11 heteroatoms. The molecule has 4 aromatic heterocycles. The summed E-state index contributed by atoms with van der Waals surface area (Å²) in [4.78, 5) is 42.6. The van der Waals surface area contributed by atoms with Crippen LogP contribution in [0, 0.1) is 0 Å². The van der Waals surface area contributed by atoms with Gasteiger partial charge in [-0.3, -0.25) is 14.6 Å². The van der Waals surface area contributed by atoms with E-state index in [0.29, 0.717) is 28.2 Å². The lowest BCUT2D eigenvalue weighted by atomic mass is 10.1. The maximum atomic E-state index is 13.2. The summed E-state index contributed by atoms with van der Waals surface area (Å²) in [6.07, 6.45) is 4.62. The smallest absolute Gasteiger partial charge is 0.278 e. The fourth-order valence-electron chi connectivity index (χ4n) is 4.07. The van der Waals surface area contributed by atoms with Crippen LogP contribution in [-0.2, 0) is 12.1 Å². The van der Waals surface area contributed by atoms with Gasteiger partial charge in [0.05, 0.1) is 12.2 Å². The van der Waals surface area contributed by atoms with Crippen LogP contribution in [0.25, 0.3) is 27.6 Å². The second-order valence-corrected chi connectivity index (χ2v) is 9.20. The molecule has 0 spiro atoms. The predicted molar refractivity (Wildman–Crippen MR) is 143 cm³/mol. The highest BCUT2D eigenvalue weighted by Gasteiger charge is 2.21. The molecule has 11 nitrogen and oxygen atoms in total. The number of hydrogen-bond acceptors (Lipinski definition) is 9. The highest BCUT2D eigenvalue weighted by atomic mass is 16.3. The monoisotopic (exact) mass is 511 g/mol. The third kappa shape index (κ3) is 4.56. The fraction of sp³-hybridized carbons (Fsp3) is 0.185. The van der Waals surface area contributed by atoms with E-state index in [-0.39, 0.29) is 23.7 Å². The Labute approximate surface area is 216 Å². The number of fused-ring (bicyclic) bond motifs is 2. The van der Waals surface area contributed by atoms with E-state index in [2.05, 4.69) is 31.8 Å². The number of benzene rings is 1. The number of rotatable bonds is 8. The summed E-state index contributed by atoms with van der Waals surface area (Å²) < 4.78 is 3.05. The van der Waals surface area contributed by atoms with Crippen LogP contribution >= 0.6 is 0 Å². The average molecular weight is 512 g/mol. The maximum Gasteiger partial charge on any atom is 0.278 e. The van der Waals surface area contributed by atoms with Gasteiger partial charge in [0, 0.05) is 23.5 Å². The minimum atomic E-state index is -1.18. The number of nitrogens with one attached hydrogen (secondary N) is 1. The largest absolute Gasteiger partial charge is 0.388 e. The molecular formula is C27H25N7O4. The first-order valence-electron chi connectivity index (χ1n) is 11.8. The summed E-state index contributed by atoms with van der Waals surface area (Å²) in [5.74, 6) is 0.209. The molecule has 0 aliphatic heterocycles. The van der Waals surface area contributed by atoms with Crippen LogP contribution in [0.2, 0.25) is 0 Å². The van der Waals surface area contributed by atoms with Gasteiger partial charge in [-0.1, -0.05) is 18.2 Å². The number of carbonyl (C=O) groups is 1. The Morgan fingerprint density at radius 3 is 2.66 bits per heavy atom. The molecule has 5 aromatic rings. The van der Waals surface area contributed by atoms with Gasteiger partial charge in [-0.15, -0.1) is 6.58 Å². The van der Waals surface area contributed by atoms with E-state index in [4.69, 9.17) is 5.11 Å². The Hall–Kier alpha value is -4.74. The highest BCUT2D eigenvalue weighted by Crippen LogP contribution is 2.24. The Morgan fingerprint density at radius 2 is 1.92 bits per heavy atom. The molecule has 0 saturated carbocycles. The predicted octanol–water partition coefficient (Wildman–Crippen LogP) is 2.86. The number of hydrogen-bond donors (Lipinski definition) is 3.